The van der Waals surface area contributed by atoms with Crippen LogP contribution in [0, 0.1) is 11.3 Å². The van der Waals surface area contributed by atoms with Gasteiger partial charge in [0.05, 0.1) is 13.4 Å². The van der Waals surface area contributed by atoms with E-state index >= 15 is 0 Å². The number of hydrogen-bond acceptors (Lipinski definition) is 4. The van der Waals surface area contributed by atoms with E-state index in [2.05, 4.69) is 10.5 Å². The molecule has 0 saturated heterocycles. The Morgan fingerprint density at radius 1 is 1.62 bits per heavy atom. The first kappa shape index (κ1) is 14.2. The third-order valence-electron chi connectivity index (χ3n) is 1.39. The van der Waals surface area contributed by atoms with Crippen LogP contribution in [0.15, 0.2) is 0 Å². The first-order valence-corrected chi connectivity index (χ1v) is 3.86. The molecule has 0 fully saturated rings. The minimum absolute atomic E-state index is 0.0770. The van der Waals surface area contributed by atoms with Crippen molar-refractivity contribution in [2.75, 3.05) is 7.11 Å². The molecule has 0 saturated carbocycles. The molecule has 0 aliphatic heterocycles. The summed E-state index contributed by atoms with van der Waals surface area (Å²) in [5, 5.41) is 5.86. The number of nitrogens with two attached hydrogens (primary N) is 1. The number of rotatable bonds is 3. The van der Waals surface area contributed by atoms with Gasteiger partial charge in [-0.05, 0) is 6.92 Å². The quantitative estimate of drug-likeness (QED) is 0.289. The van der Waals surface area contributed by atoms with Crippen molar-refractivity contribution in [1.29, 1.82) is 5.41 Å². The lowest BCUT2D eigenvalue weighted by molar-refractivity contribution is -0.148. The van der Waals surface area contributed by atoms with Crippen molar-refractivity contribution < 1.29 is 14.3 Å². The molecule has 5 heteroatoms. The fourth-order valence-corrected chi connectivity index (χ4v) is 0.614. The van der Waals surface area contributed by atoms with E-state index in [1.807, 2.05) is 0 Å². The van der Waals surface area contributed by atoms with E-state index in [1.54, 1.807) is 13.8 Å². The summed E-state index contributed by atoms with van der Waals surface area (Å²) in [5.74, 6) is -1.13. The second kappa shape index (κ2) is 8.70. The van der Waals surface area contributed by atoms with Crippen molar-refractivity contribution >= 4 is 18.1 Å². The summed E-state index contributed by atoms with van der Waals surface area (Å²) in [4.78, 5) is 21.5. The van der Waals surface area contributed by atoms with Crippen LogP contribution in [-0.4, -0.2) is 25.2 Å². The van der Waals surface area contributed by atoms with Crippen LogP contribution in [0.25, 0.3) is 0 Å². The van der Waals surface area contributed by atoms with Gasteiger partial charge in [-0.2, -0.15) is 0 Å². The molecule has 0 heterocycles. The predicted octanol–water partition coefficient (Wildman–Crippen LogP) is 0.327. The number of Topliss-reactive ketones (excluding diaryl/α,β-unsaturated/α-hetero) is 1. The van der Waals surface area contributed by atoms with Gasteiger partial charge in [0.25, 0.3) is 0 Å². The van der Waals surface area contributed by atoms with Crippen molar-refractivity contribution in [3.8, 4) is 0 Å². The standard InChI is InChI=1S/C7H12O3.CH4N2/c1-4-6(8)5(2)7(9)10-3;2-1-3/h5H,4H2,1-3H3;1H,(H3,2,3). The zero-order valence-corrected chi connectivity index (χ0v) is 8.16. The molecule has 0 aliphatic rings. The highest BCUT2D eigenvalue weighted by atomic mass is 16.5. The van der Waals surface area contributed by atoms with E-state index in [1.165, 1.54) is 7.11 Å². The number of ketones is 1. The Bertz CT molecular complexity index is 164. The van der Waals surface area contributed by atoms with Crippen molar-refractivity contribution in [3.63, 3.8) is 0 Å². The summed E-state index contributed by atoms with van der Waals surface area (Å²) < 4.78 is 4.38. The van der Waals surface area contributed by atoms with Crippen LogP contribution in [0.4, 0.5) is 0 Å². The first-order valence-electron chi connectivity index (χ1n) is 3.86. The Hall–Kier alpha value is -1.39. The molecule has 0 amide bonds. The molecule has 13 heavy (non-hydrogen) atoms. The maximum absolute atomic E-state index is 10.8. The highest BCUT2D eigenvalue weighted by Crippen LogP contribution is 2.01. The van der Waals surface area contributed by atoms with E-state index in [4.69, 9.17) is 5.41 Å². The number of ether oxygens (including phenoxy) is 1. The molecule has 0 radical (unpaired) electrons. The highest BCUT2D eigenvalue weighted by Gasteiger charge is 2.19. The molecule has 3 N–H and O–H groups in total. The number of methoxy groups -OCH3 is 1. The molecule has 1 atom stereocenters. The van der Waals surface area contributed by atoms with Gasteiger partial charge in [-0.25, -0.2) is 0 Å². The number of esters is 1. The maximum Gasteiger partial charge on any atom is 0.315 e. The van der Waals surface area contributed by atoms with Crippen molar-refractivity contribution in [3.05, 3.63) is 0 Å². The Balaban J connectivity index is 0. The van der Waals surface area contributed by atoms with E-state index in [0.717, 1.165) is 6.34 Å². The molecule has 0 aliphatic carbocycles. The SMILES string of the molecule is CCC(=O)C(C)C(=O)OC.N=CN. The smallest absolute Gasteiger partial charge is 0.315 e. The van der Waals surface area contributed by atoms with Gasteiger partial charge < -0.3 is 10.5 Å². The Morgan fingerprint density at radius 3 is 2.23 bits per heavy atom. The molecule has 5 nitrogen and oxygen atoms in total. The fourth-order valence-electron chi connectivity index (χ4n) is 0.614. The third kappa shape index (κ3) is 6.99. The van der Waals surface area contributed by atoms with Crippen LogP contribution in [0.5, 0.6) is 0 Å². The van der Waals surface area contributed by atoms with E-state index in [0.29, 0.717) is 6.42 Å². The second-order valence-corrected chi connectivity index (χ2v) is 2.23. The zero-order valence-electron chi connectivity index (χ0n) is 8.16. The third-order valence-corrected chi connectivity index (χ3v) is 1.39. The summed E-state index contributed by atoms with van der Waals surface area (Å²) in [6.45, 7) is 3.28. The van der Waals surface area contributed by atoms with E-state index in [9.17, 15) is 9.59 Å². The van der Waals surface area contributed by atoms with E-state index < -0.39 is 11.9 Å². The predicted molar refractivity (Wildman–Crippen MR) is 49.4 cm³/mol. The Kier molecular flexibility index (Phi) is 9.48. The summed E-state index contributed by atoms with van der Waals surface area (Å²) in [7, 11) is 1.28. The van der Waals surface area contributed by atoms with Gasteiger partial charge in [-0.3, -0.25) is 15.0 Å². The lowest BCUT2D eigenvalue weighted by Gasteiger charge is -2.04. The maximum atomic E-state index is 10.8. The summed E-state index contributed by atoms with van der Waals surface area (Å²) in [6.07, 6.45) is 1.14. The second-order valence-electron chi connectivity index (χ2n) is 2.23. The Labute approximate surface area is 77.8 Å². The van der Waals surface area contributed by atoms with Crippen LogP contribution in [0.1, 0.15) is 20.3 Å². The normalized spacial score (nSPS) is 10.4. The summed E-state index contributed by atoms with van der Waals surface area (Å²) in [6, 6.07) is 0. The summed E-state index contributed by atoms with van der Waals surface area (Å²) >= 11 is 0. The van der Waals surface area contributed by atoms with Crippen LogP contribution in [-0.2, 0) is 14.3 Å². The molecular weight excluding hydrogens is 172 g/mol. The summed E-state index contributed by atoms with van der Waals surface area (Å²) in [5.41, 5.74) is 4.39. The minimum Gasteiger partial charge on any atom is -0.468 e. The number of nitrogens with one attached hydrogen (secondary N) is 1. The van der Waals surface area contributed by atoms with Gasteiger partial charge in [0, 0.05) is 6.42 Å². The van der Waals surface area contributed by atoms with Gasteiger partial charge >= 0.3 is 5.97 Å². The van der Waals surface area contributed by atoms with Gasteiger partial charge in [0.15, 0.2) is 0 Å². The van der Waals surface area contributed by atoms with Crippen LogP contribution in [0.2, 0.25) is 0 Å². The molecule has 0 bridgehead atoms. The molecule has 1 unspecified atom stereocenters. The molecule has 0 aromatic carbocycles. The average molecular weight is 188 g/mol. The topological polar surface area (TPSA) is 93.2 Å². The highest BCUT2D eigenvalue weighted by molar-refractivity contribution is 5.98. The van der Waals surface area contributed by atoms with Crippen LogP contribution in [0.3, 0.4) is 0 Å². The van der Waals surface area contributed by atoms with Crippen molar-refractivity contribution in [2.45, 2.75) is 20.3 Å². The fraction of sp³-hybridized carbons (Fsp3) is 0.625. The van der Waals surface area contributed by atoms with Crippen LogP contribution < -0.4 is 5.73 Å². The molecule has 76 valence electrons. The van der Waals surface area contributed by atoms with Crippen LogP contribution >= 0.6 is 0 Å². The molecule has 0 aromatic rings. The first-order chi connectivity index (χ1) is 6.04. The molecule has 0 spiro atoms. The average Bonchev–Trinajstić information content (AvgIpc) is 2.15. The molecular formula is C8H16N2O3. The Morgan fingerprint density at radius 2 is 2.00 bits per heavy atom. The number of hydrogen-bond donors (Lipinski definition) is 2. The van der Waals surface area contributed by atoms with Crippen molar-refractivity contribution in [1.82, 2.24) is 0 Å². The zero-order chi connectivity index (χ0) is 10.9. The molecule has 0 rings (SSSR count). The molecule has 0 aromatic heterocycles. The van der Waals surface area contributed by atoms with Gasteiger partial charge in [-0.1, -0.05) is 6.92 Å². The largest absolute Gasteiger partial charge is 0.468 e. The van der Waals surface area contributed by atoms with E-state index in [-0.39, 0.29) is 5.78 Å². The number of carbonyl (C=O) groups excluding carboxylic acids is 2. The van der Waals surface area contributed by atoms with Gasteiger partial charge in [0.2, 0.25) is 0 Å². The van der Waals surface area contributed by atoms with Crippen molar-refractivity contribution in [2.24, 2.45) is 11.7 Å². The lowest BCUT2D eigenvalue weighted by Crippen LogP contribution is -2.21. The lowest BCUT2D eigenvalue weighted by atomic mass is 10.1. The monoisotopic (exact) mass is 188 g/mol. The number of carbonyl (C=O) groups is 2. The van der Waals surface area contributed by atoms with Gasteiger partial charge in [0.1, 0.15) is 11.7 Å². The minimum atomic E-state index is -0.602. The van der Waals surface area contributed by atoms with Gasteiger partial charge in [-0.15, -0.1) is 0 Å².